The Morgan fingerprint density at radius 3 is 0.949 bits per heavy atom. The molecular weight excluding hydrogens is 517 g/mol. The molecule has 1 radical (unpaired) electrons. The van der Waals surface area contributed by atoms with E-state index in [-0.39, 0.29) is 17.1 Å². The van der Waals surface area contributed by atoms with Gasteiger partial charge in [0.1, 0.15) is 0 Å². The summed E-state index contributed by atoms with van der Waals surface area (Å²) in [5.41, 5.74) is 11.4. The van der Waals surface area contributed by atoms with Gasteiger partial charge in [0, 0.05) is 54.6 Å². The molecule has 2 rings (SSSR count). The molecule has 2 aromatic carbocycles. The van der Waals surface area contributed by atoms with Crippen LogP contribution in [0.2, 0.25) is 0 Å². The normalized spacial score (nSPS) is 12.0. The van der Waals surface area contributed by atoms with Crippen LogP contribution in [0.25, 0.3) is 0 Å². The predicted octanol–water partition coefficient (Wildman–Crippen LogP) is 9.88. The van der Waals surface area contributed by atoms with E-state index in [2.05, 4.69) is 130 Å². The smallest absolute Gasteiger partial charge is 0.0411 e. The second-order valence-corrected chi connectivity index (χ2v) is 13.2. The van der Waals surface area contributed by atoms with Crippen molar-refractivity contribution in [2.45, 2.75) is 119 Å². The first-order valence-corrected chi connectivity index (χ1v) is 15.3. The van der Waals surface area contributed by atoms with Crippen molar-refractivity contribution >= 4 is 11.4 Å². The first kappa shape index (κ1) is 35.5. The zero-order chi connectivity index (χ0) is 28.7. The monoisotopic (exact) mass is 576 g/mol. The molecule has 2 N–H and O–H groups in total. The van der Waals surface area contributed by atoms with Crippen LogP contribution in [0.5, 0.6) is 0 Å². The number of anilines is 2. The van der Waals surface area contributed by atoms with E-state index in [9.17, 15) is 0 Å². The molecule has 39 heavy (non-hydrogen) atoms. The van der Waals surface area contributed by atoms with E-state index in [0.29, 0.717) is 35.5 Å². The van der Waals surface area contributed by atoms with E-state index in [4.69, 9.17) is 0 Å². The minimum absolute atomic E-state index is 0. The van der Waals surface area contributed by atoms with Crippen molar-refractivity contribution in [3.63, 3.8) is 0 Å². The molecule has 0 spiro atoms. The zero-order valence-corrected chi connectivity index (χ0v) is 28.6. The van der Waals surface area contributed by atoms with E-state index in [1.807, 2.05) is 0 Å². The van der Waals surface area contributed by atoms with Crippen LogP contribution in [0.15, 0.2) is 24.3 Å². The van der Waals surface area contributed by atoms with Gasteiger partial charge in [-0.2, -0.15) is 0 Å². The molecule has 0 fully saturated rings. The number of nitrogens with one attached hydrogen (secondary N) is 2. The fraction of sp³-hybridized carbons (Fsp3) is 0.657. The molecule has 0 atom stereocenters. The standard InChI is InChI=1S/C35H59N3.Mn/c1-22(2)28-18-30(24(5)6)34(31(19-28)25(7)8)36-14-16-38(13)17-15-37-35-32(26(9)10)20-29(23(3)4)21-33(35)27(11)12;/h18-27,36-37H,14-17H2,1-13H3;. The van der Waals surface area contributed by atoms with Crippen molar-refractivity contribution in [1.29, 1.82) is 0 Å². The average Bonchev–Trinajstić information content (AvgIpc) is 2.82. The molecule has 4 heteroatoms. The van der Waals surface area contributed by atoms with E-state index in [1.165, 1.54) is 44.8 Å². The average molecular weight is 577 g/mol. The van der Waals surface area contributed by atoms with Crippen LogP contribution >= 0.6 is 0 Å². The van der Waals surface area contributed by atoms with Crippen LogP contribution in [0.4, 0.5) is 11.4 Å². The molecule has 0 saturated heterocycles. The maximum absolute atomic E-state index is 3.85. The van der Waals surface area contributed by atoms with Gasteiger partial charge in [-0.1, -0.05) is 107 Å². The fourth-order valence-corrected chi connectivity index (χ4v) is 5.18. The van der Waals surface area contributed by atoms with Crippen molar-refractivity contribution in [2.24, 2.45) is 0 Å². The molecule has 0 aromatic heterocycles. The molecule has 0 unspecified atom stereocenters. The van der Waals surface area contributed by atoms with Crippen LogP contribution in [0, 0.1) is 0 Å². The van der Waals surface area contributed by atoms with Gasteiger partial charge >= 0.3 is 0 Å². The first-order valence-electron chi connectivity index (χ1n) is 15.3. The Balaban J connectivity index is 0.00000760. The van der Waals surface area contributed by atoms with Crippen molar-refractivity contribution < 1.29 is 17.1 Å². The van der Waals surface area contributed by atoms with Gasteiger partial charge in [-0.25, -0.2) is 0 Å². The van der Waals surface area contributed by atoms with Crippen LogP contribution in [0.1, 0.15) is 152 Å². The van der Waals surface area contributed by atoms with E-state index >= 15 is 0 Å². The predicted molar refractivity (Wildman–Crippen MR) is 172 cm³/mol. The van der Waals surface area contributed by atoms with Crippen molar-refractivity contribution in [1.82, 2.24) is 4.90 Å². The van der Waals surface area contributed by atoms with Gasteiger partial charge in [-0.3, -0.25) is 0 Å². The van der Waals surface area contributed by atoms with Gasteiger partial charge in [0.15, 0.2) is 0 Å². The molecule has 0 aliphatic rings. The summed E-state index contributed by atoms with van der Waals surface area (Å²) in [5, 5.41) is 7.71. The van der Waals surface area contributed by atoms with E-state index in [1.54, 1.807) is 0 Å². The maximum Gasteiger partial charge on any atom is 0.0411 e. The molecule has 0 bridgehead atoms. The number of hydrogen-bond acceptors (Lipinski definition) is 3. The minimum atomic E-state index is 0. The van der Waals surface area contributed by atoms with Gasteiger partial charge in [0.2, 0.25) is 0 Å². The molecular formula is C35H59MnN3. The topological polar surface area (TPSA) is 27.3 Å². The minimum Gasteiger partial charge on any atom is -0.383 e. The van der Waals surface area contributed by atoms with Gasteiger partial charge in [0.25, 0.3) is 0 Å². The number of hydrogen-bond donors (Lipinski definition) is 2. The van der Waals surface area contributed by atoms with Gasteiger partial charge in [-0.15, -0.1) is 0 Å². The summed E-state index contributed by atoms with van der Waals surface area (Å²) in [5.74, 6) is 3.11. The Labute approximate surface area is 252 Å². The van der Waals surface area contributed by atoms with Gasteiger partial charge in [-0.05, 0) is 75.9 Å². The number of likely N-dealkylation sites (N-methyl/N-ethyl adjacent to an activating group) is 1. The summed E-state index contributed by atoms with van der Waals surface area (Å²) < 4.78 is 0. The molecule has 0 amide bonds. The Bertz CT molecular complexity index is 881. The summed E-state index contributed by atoms with van der Waals surface area (Å²) in [4.78, 5) is 2.44. The summed E-state index contributed by atoms with van der Waals surface area (Å²) in [6.07, 6.45) is 0. The van der Waals surface area contributed by atoms with E-state index < -0.39 is 0 Å². The third-order valence-corrected chi connectivity index (χ3v) is 7.86. The summed E-state index contributed by atoms with van der Waals surface area (Å²) in [7, 11) is 2.24. The molecule has 0 aliphatic heterocycles. The Kier molecular flexibility index (Phi) is 14.7. The second kappa shape index (κ2) is 16.1. The summed E-state index contributed by atoms with van der Waals surface area (Å²) in [6.45, 7) is 31.7. The zero-order valence-electron chi connectivity index (χ0n) is 27.4. The first-order chi connectivity index (χ1) is 17.7. The SMILES string of the molecule is CC(C)c1cc(C(C)C)c(NCCN(C)CCNc2c(C(C)C)cc(C(C)C)cc2C(C)C)c(C(C)C)c1.[Mn]. The van der Waals surface area contributed by atoms with Crippen LogP contribution in [-0.4, -0.2) is 38.1 Å². The van der Waals surface area contributed by atoms with Crippen molar-refractivity contribution in [3.8, 4) is 0 Å². The van der Waals surface area contributed by atoms with E-state index in [0.717, 1.165) is 26.2 Å². The third-order valence-electron chi connectivity index (χ3n) is 7.86. The number of benzene rings is 2. The summed E-state index contributed by atoms with van der Waals surface area (Å²) in [6, 6.07) is 9.72. The quantitative estimate of drug-likeness (QED) is 0.219. The third kappa shape index (κ3) is 9.83. The molecule has 3 nitrogen and oxygen atoms in total. The van der Waals surface area contributed by atoms with Crippen molar-refractivity contribution in [2.75, 3.05) is 43.9 Å². The molecule has 0 saturated carbocycles. The van der Waals surface area contributed by atoms with Crippen LogP contribution < -0.4 is 10.6 Å². The molecule has 221 valence electrons. The Hall–Kier alpha value is -1.48. The van der Waals surface area contributed by atoms with Gasteiger partial charge < -0.3 is 15.5 Å². The van der Waals surface area contributed by atoms with Crippen molar-refractivity contribution in [3.05, 3.63) is 57.6 Å². The number of rotatable bonds is 14. The van der Waals surface area contributed by atoms with Gasteiger partial charge in [0.05, 0.1) is 0 Å². The fourth-order valence-electron chi connectivity index (χ4n) is 5.18. The Morgan fingerprint density at radius 1 is 0.487 bits per heavy atom. The molecule has 0 heterocycles. The molecule has 2 aromatic rings. The van der Waals surface area contributed by atoms with Crippen LogP contribution in [0.3, 0.4) is 0 Å². The largest absolute Gasteiger partial charge is 0.383 e. The van der Waals surface area contributed by atoms with Crippen LogP contribution in [-0.2, 0) is 17.1 Å². The molecule has 0 aliphatic carbocycles. The Morgan fingerprint density at radius 2 is 0.744 bits per heavy atom. The maximum atomic E-state index is 3.85. The second-order valence-electron chi connectivity index (χ2n) is 13.2. The summed E-state index contributed by atoms with van der Waals surface area (Å²) >= 11 is 0. The number of nitrogens with zero attached hydrogens (tertiary/aromatic N) is 1.